The molecule has 0 amide bonds. The second kappa shape index (κ2) is 5.32. The van der Waals surface area contributed by atoms with Crippen LogP contribution in [0, 0.1) is 0 Å². The molecule has 1 atom stereocenters. The summed E-state index contributed by atoms with van der Waals surface area (Å²) in [5.41, 5.74) is 0. The van der Waals surface area contributed by atoms with Gasteiger partial charge in [0.05, 0.1) is 12.6 Å². The van der Waals surface area contributed by atoms with E-state index >= 15 is 0 Å². The van der Waals surface area contributed by atoms with Crippen molar-refractivity contribution in [1.29, 1.82) is 0 Å². The number of hydrogen-bond acceptors (Lipinski definition) is 3. The molecule has 0 bridgehead atoms. The summed E-state index contributed by atoms with van der Waals surface area (Å²) in [6.45, 7) is 3.80. The first-order valence-corrected chi connectivity index (χ1v) is 6.01. The molecule has 0 saturated heterocycles. The second-order valence-corrected chi connectivity index (χ2v) is 4.37. The fraction of sp³-hybridized carbons (Fsp3) is 0.364. The summed E-state index contributed by atoms with van der Waals surface area (Å²) in [5, 5.41) is 7.51. The van der Waals surface area contributed by atoms with E-state index in [-0.39, 0.29) is 6.04 Å². The van der Waals surface area contributed by atoms with E-state index in [1.807, 2.05) is 29.1 Å². The average molecular weight is 284 g/mol. The minimum Gasteiger partial charge on any atom is -0.453 e. The van der Waals surface area contributed by atoms with Gasteiger partial charge in [0.15, 0.2) is 4.67 Å². The van der Waals surface area contributed by atoms with Gasteiger partial charge in [-0.15, -0.1) is 0 Å². The summed E-state index contributed by atoms with van der Waals surface area (Å²) in [7, 11) is 0. The van der Waals surface area contributed by atoms with E-state index in [2.05, 4.69) is 33.3 Å². The number of furan rings is 1. The molecular formula is C11H14BrN3O. The number of rotatable bonds is 5. The number of aromatic nitrogens is 2. The van der Waals surface area contributed by atoms with E-state index in [0.29, 0.717) is 0 Å². The van der Waals surface area contributed by atoms with Crippen molar-refractivity contribution >= 4 is 15.9 Å². The Morgan fingerprint density at radius 2 is 2.44 bits per heavy atom. The zero-order valence-corrected chi connectivity index (χ0v) is 10.6. The molecule has 5 heteroatoms. The second-order valence-electron chi connectivity index (χ2n) is 3.59. The van der Waals surface area contributed by atoms with Gasteiger partial charge in [-0.2, -0.15) is 5.10 Å². The van der Waals surface area contributed by atoms with Crippen LogP contribution in [0.3, 0.4) is 0 Å². The molecule has 0 aliphatic heterocycles. The van der Waals surface area contributed by atoms with E-state index in [0.717, 1.165) is 23.5 Å². The van der Waals surface area contributed by atoms with Crippen molar-refractivity contribution in [3.63, 3.8) is 0 Å². The maximum atomic E-state index is 5.46. The number of hydrogen-bond donors (Lipinski definition) is 1. The van der Waals surface area contributed by atoms with Crippen LogP contribution in [0.1, 0.15) is 18.7 Å². The highest BCUT2D eigenvalue weighted by Crippen LogP contribution is 2.19. The van der Waals surface area contributed by atoms with Crippen molar-refractivity contribution in [2.75, 3.05) is 6.54 Å². The van der Waals surface area contributed by atoms with Crippen LogP contribution in [0.25, 0.3) is 0 Å². The van der Waals surface area contributed by atoms with Crippen LogP contribution in [-0.4, -0.2) is 16.3 Å². The molecule has 2 aromatic rings. The van der Waals surface area contributed by atoms with E-state index in [4.69, 9.17) is 4.42 Å². The van der Waals surface area contributed by atoms with Crippen molar-refractivity contribution in [2.45, 2.75) is 19.5 Å². The Hall–Kier alpha value is -1.07. The van der Waals surface area contributed by atoms with Gasteiger partial charge in [0.2, 0.25) is 0 Å². The summed E-state index contributed by atoms with van der Waals surface area (Å²) in [6, 6.07) is 6.01. The molecule has 0 saturated carbocycles. The zero-order valence-electron chi connectivity index (χ0n) is 9.06. The fourth-order valence-electron chi connectivity index (χ4n) is 1.49. The Morgan fingerprint density at radius 1 is 1.56 bits per heavy atom. The first-order chi connectivity index (χ1) is 7.75. The third kappa shape index (κ3) is 2.96. The maximum absolute atomic E-state index is 5.46. The quantitative estimate of drug-likeness (QED) is 0.917. The molecule has 0 aromatic carbocycles. The molecule has 2 heterocycles. The Labute approximate surface area is 103 Å². The Bertz CT molecular complexity index is 424. The Kier molecular flexibility index (Phi) is 3.79. The molecule has 2 rings (SSSR count). The molecular weight excluding hydrogens is 270 g/mol. The molecule has 1 N–H and O–H groups in total. The highest BCUT2D eigenvalue weighted by Gasteiger charge is 2.08. The van der Waals surface area contributed by atoms with Crippen LogP contribution >= 0.6 is 15.9 Å². The van der Waals surface area contributed by atoms with E-state index < -0.39 is 0 Å². The number of nitrogens with zero attached hydrogens (tertiary/aromatic N) is 2. The standard InChI is InChI=1S/C11H14BrN3O/c1-9(10-3-4-11(12)16-10)13-6-8-15-7-2-5-14-15/h2-5,7,9,13H,6,8H2,1H3. The van der Waals surface area contributed by atoms with Crippen LogP contribution in [0.15, 0.2) is 39.7 Å². The van der Waals surface area contributed by atoms with Crippen molar-refractivity contribution in [2.24, 2.45) is 0 Å². The Balaban J connectivity index is 1.78. The molecule has 0 fully saturated rings. The van der Waals surface area contributed by atoms with Crippen LogP contribution in [0.4, 0.5) is 0 Å². The summed E-state index contributed by atoms with van der Waals surface area (Å²) < 4.78 is 8.13. The largest absolute Gasteiger partial charge is 0.453 e. The monoisotopic (exact) mass is 283 g/mol. The summed E-state index contributed by atoms with van der Waals surface area (Å²) in [4.78, 5) is 0. The van der Waals surface area contributed by atoms with Gasteiger partial charge in [-0.05, 0) is 41.1 Å². The molecule has 0 radical (unpaired) electrons. The third-order valence-corrected chi connectivity index (χ3v) is 2.80. The van der Waals surface area contributed by atoms with Gasteiger partial charge in [-0.1, -0.05) is 0 Å². The average Bonchev–Trinajstić information content (AvgIpc) is 2.89. The number of halogens is 1. The molecule has 0 aliphatic carbocycles. The van der Waals surface area contributed by atoms with E-state index in [1.165, 1.54) is 0 Å². The van der Waals surface area contributed by atoms with Crippen LogP contribution in [-0.2, 0) is 6.54 Å². The highest BCUT2D eigenvalue weighted by molar-refractivity contribution is 9.10. The molecule has 16 heavy (non-hydrogen) atoms. The van der Waals surface area contributed by atoms with Crippen LogP contribution < -0.4 is 5.32 Å². The summed E-state index contributed by atoms with van der Waals surface area (Å²) in [5.74, 6) is 0.937. The minimum atomic E-state index is 0.210. The molecule has 4 nitrogen and oxygen atoms in total. The van der Waals surface area contributed by atoms with Gasteiger partial charge in [0.1, 0.15) is 5.76 Å². The van der Waals surface area contributed by atoms with Gasteiger partial charge in [0, 0.05) is 18.9 Å². The topological polar surface area (TPSA) is 43.0 Å². The van der Waals surface area contributed by atoms with Gasteiger partial charge >= 0.3 is 0 Å². The first-order valence-electron chi connectivity index (χ1n) is 5.22. The van der Waals surface area contributed by atoms with Crippen molar-refractivity contribution in [3.05, 3.63) is 41.0 Å². The predicted molar refractivity (Wildman–Crippen MR) is 65.1 cm³/mol. The van der Waals surface area contributed by atoms with E-state index in [1.54, 1.807) is 6.20 Å². The zero-order chi connectivity index (χ0) is 11.4. The lowest BCUT2D eigenvalue weighted by Gasteiger charge is -2.10. The summed E-state index contributed by atoms with van der Waals surface area (Å²) in [6.07, 6.45) is 3.74. The molecule has 1 unspecified atom stereocenters. The third-order valence-electron chi connectivity index (χ3n) is 2.37. The number of nitrogens with one attached hydrogen (secondary N) is 1. The Morgan fingerprint density at radius 3 is 3.06 bits per heavy atom. The van der Waals surface area contributed by atoms with Gasteiger partial charge in [0.25, 0.3) is 0 Å². The van der Waals surface area contributed by atoms with Crippen LogP contribution in [0.2, 0.25) is 0 Å². The first kappa shape index (κ1) is 11.4. The summed E-state index contributed by atoms with van der Waals surface area (Å²) >= 11 is 3.29. The van der Waals surface area contributed by atoms with Crippen molar-refractivity contribution in [1.82, 2.24) is 15.1 Å². The SMILES string of the molecule is CC(NCCn1cccn1)c1ccc(Br)o1. The van der Waals surface area contributed by atoms with E-state index in [9.17, 15) is 0 Å². The van der Waals surface area contributed by atoms with Crippen LogP contribution in [0.5, 0.6) is 0 Å². The molecule has 2 aromatic heterocycles. The lowest BCUT2D eigenvalue weighted by atomic mass is 10.2. The normalized spacial score (nSPS) is 12.9. The smallest absolute Gasteiger partial charge is 0.169 e. The fourth-order valence-corrected chi connectivity index (χ4v) is 1.81. The highest BCUT2D eigenvalue weighted by atomic mass is 79.9. The van der Waals surface area contributed by atoms with Gasteiger partial charge in [-0.3, -0.25) is 4.68 Å². The molecule has 86 valence electrons. The van der Waals surface area contributed by atoms with Crippen molar-refractivity contribution in [3.8, 4) is 0 Å². The van der Waals surface area contributed by atoms with Crippen molar-refractivity contribution < 1.29 is 4.42 Å². The van der Waals surface area contributed by atoms with Gasteiger partial charge in [-0.25, -0.2) is 0 Å². The minimum absolute atomic E-state index is 0.210. The predicted octanol–water partition coefficient (Wildman–Crippen LogP) is 2.59. The lowest BCUT2D eigenvalue weighted by Crippen LogP contribution is -2.23. The van der Waals surface area contributed by atoms with Gasteiger partial charge < -0.3 is 9.73 Å². The molecule has 0 aliphatic rings. The molecule has 0 spiro atoms. The maximum Gasteiger partial charge on any atom is 0.169 e. The lowest BCUT2D eigenvalue weighted by molar-refractivity contribution is 0.408.